The second kappa shape index (κ2) is 9.06. The van der Waals surface area contributed by atoms with Gasteiger partial charge in [-0.25, -0.2) is 0 Å². The van der Waals surface area contributed by atoms with Crippen LogP contribution in [0.3, 0.4) is 0 Å². The van der Waals surface area contributed by atoms with Gasteiger partial charge in [-0.1, -0.05) is 36.8 Å². The Balaban J connectivity index is 2.00. The maximum Gasteiger partial charge on any atom is 0.310 e. The van der Waals surface area contributed by atoms with Crippen LogP contribution in [0.5, 0.6) is 0 Å². The van der Waals surface area contributed by atoms with Crippen molar-refractivity contribution in [3.8, 4) is 0 Å². The Hall–Kier alpha value is -2.56. The van der Waals surface area contributed by atoms with Crippen molar-refractivity contribution in [3.63, 3.8) is 0 Å². The molecule has 5 nitrogen and oxygen atoms in total. The molecule has 0 aliphatic heterocycles. The van der Waals surface area contributed by atoms with E-state index in [9.17, 15) is 9.59 Å². The summed E-state index contributed by atoms with van der Waals surface area (Å²) >= 11 is 0. The lowest BCUT2D eigenvalue weighted by molar-refractivity contribution is -0.146. The molecule has 1 amide bonds. The molecule has 0 saturated heterocycles. The normalized spacial score (nSPS) is 11.8. The first kappa shape index (κ1) is 18.8. The standard InChI is InChI=1S/C20H25NO4/c1-15-6-8-17(9-7-15)10-11-19(22)21(13-16(2)20(23)24-3)14-18-5-4-12-25-18/h4-9,12,16H,10-11,13-14H2,1-3H3. The summed E-state index contributed by atoms with van der Waals surface area (Å²) in [5.41, 5.74) is 2.32. The second-order valence-electron chi connectivity index (χ2n) is 6.26. The molecule has 0 radical (unpaired) electrons. The molecule has 0 saturated carbocycles. The van der Waals surface area contributed by atoms with E-state index >= 15 is 0 Å². The van der Waals surface area contributed by atoms with Gasteiger partial charge in [0.15, 0.2) is 0 Å². The number of carbonyl (C=O) groups is 2. The van der Waals surface area contributed by atoms with Crippen LogP contribution < -0.4 is 0 Å². The summed E-state index contributed by atoms with van der Waals surface area (Å²) < 4.78 is 10.1. The van der Waals surface area contributed by atoms with E-state index in [4.69, 9.17) is 9.15 Å². The van der Waals surface area contributed by atoms with Crippen molar-refractivity contribution in [1.29, 1.82) is 0 Å². The van der Waals surface area contributed by atoms with Gasteiger partial charge in [-0.15, -0.1) is 0 Å². The molecule has 25 heavy (non-hydrogen) atoms. The van der Waals surface area contributed by atoms with Gasteiger partial charge < -0.3 is 14.1 Å². The van der Waals surface area contributed by atoms with E-state index in [2.05, 4.69) is 0 Å². The number of ether oxygens (including phenoxy) is 1. The molecule has 1 heterocycles. The summed E-state index contributed by atoms with van der Waals surface area (Å²) in [6.45, 7) is 4.45. The van der Waals surface area contributed by atoms with Gasteiger partial charge in [-0.3, -0.25) is 9.59 Å². The fourth-order valence-electron chi connectivity index (χ4n) is 2.62. The van der Waals surface area contributed by atoms with Crippen LogP contribution in [-0.4, -0.2) is 30.4 Å². The summed E-state index contributed by atoms with van der Waals surface area (Å²) in [4.78, 5) is 26.0. The number of amides is 1. The number of carbonyl (C=O) groups excluding carboxylic acids is 2. The topological polar surface area (TPSA) is 59.8 Å². The van der Waals surface area contributed by atoms with E-state index < -0.39 is 0 Å². The van der Waals surface area contributed by atoms with Crippen molar-refractivity contribution in [2.24, 2.45) is 5.92 Å². The number of methoxy groups -OCH3 is 1. The Morgan fingerprint density at radius 2 is 1.92 bits per heavy atom. The highest BCUT2D eigenvalue weighted by atomic mass is 16.5. The average Bonchev–Trinajstić information content (AvgIpc) is 3.12. The minimum absolute atomic E-state index is 0.00673. The van der Waals surface area contributed by atoms with Gasteiger partial charge in [0, 0.05) is 13.0 Å². The molecule has 134 valence electrons. The molecule has 0 fully saturated rings. The summed E-state index contributed by atoms with van der Waals surface area (Å²) in [6.07, 6.45) is 2.63. The molecule has 1 aromatic carbocycles. The van der Waals surface area contributed by atoms with Crippen LogP contribution in [0.2, 0.25) is 0 Å². The van der Waals surface area contributed by atoms with Crippen LogP contribution in [0.25, 0.3) is 0 Å². The van der Waals surface area contributed by atoms with Crippen LogP contribution >= 0.6 is 0 Å². The van der Waals surface area contributed by atoms with Crippen LogP contribution in [0.4, 0.5) is 0 Å². The highest BCUT2D eigenvalue weighted by Crippen LogP contribution is 2.13. The number of nitrogens with zero attached hydrogens (tertiary/aromatic N) is 1. The third kappa shape index (κ3) is 5.78. The van der Waals surface area contributed by atoms with Gasteiger partial charge in [0.1, 0.15) is 5.76 Å². The molecule has 5 heteroatoms. The molecule has 1 unspecified atom stereocenters. The van der Waals surface area contributed by atoms with Crippen LogP contribution in [0, 0.1) is 12.8 Å². The van der Waals surface area contributed by atoms with Gasteiger partial charge in [-0.05, 0) is 31.0 Å². The predicted octanol–water partition coefficient (Wildman–Crippen LogP) is 3.36. The van der Waals surface area contributed by atoms with Crippen LogP contribution in [-0.2, 0) is 27.3 Å². The fraction of sp³-hybridized carbons (Fsp3) is 0.400. The van der Waals surface area contributed by atoms with Crippen LogP contribution in [0.15, 0.2) is 47.1 Å². The van der Waals surface area contributed by atoms with Gasteiger partial charge in [-0.2, -0.15) is 0 Å². The first-order chi connectivity index (χ1) is 12.0. The fourth-order valence-corrected chi connectivity index (χ4v) is 2.62. The molecule has 0 spiro atoms. The predicted molar refractivity (Wildman–Crippen MR) is 94.8 cm³/mol. The maximum atomic E-state index is 12.7. The lowest BCUT2D eigenvalue weighted by Crippen LogP contribution is -2.36. The SMILES string of the molecule is COC(=O)C(C)CN(Cc1ccco1)C(=O)CCc1ccc(C)cc1. The van der Waals surface area contributed by atoms with E-state index in [1.54, 1.807) is 24.2 Å². The zero-order valence-corrected chi connectivity index (χ0v) is 15.0. The molecule has 2 aromatic rings. The first-order valence-corrected chi connectivity index (χ1v) is 8.43. The highest BCUT2D eigenvalue weighted by molar-refractivity contribution is 5.78. The monoisotopic (exact) mass is 343 g/mol. The van der Waals surface area contributed by atoms with Gasteiger partial charge in [0.05, 0.1) is 25.8 Å². The van der Waals surface area contributed by atoms with Crippen LogP contribution in [0.1, 0.15) is 30.2 Å². The molecular weight excluding hydrogens is 318 g/mol. The van der Waals surface area contributed by atoms with E-state index in [1.165, 1.54) is 12.7 Å². The number of hydrogen-bond donors (Lipinski definition) is 0. The van der Waals surface area contributed by atoms with Crippen molar-refractivity contribution < 1.29 is 18.7 Å². The number of aryl methyl sites for hydroxylation is 2. The van der Waals surface area contributed by atoms with E-state index in [0.717, 1.165) is 5.56 Å². The van der Waals surface area contributed by atoms with Crippen molar-refractivity contribution in [3.05, 3.63) is 59.5 Å². The lowest BCUT2D eigenvalue weighted by atomic mass is 10.1. The summed E-state index contributed by atoms with van der Waals surface area (Å²) in [7, 11) is 1.36. The van der Waals surface area contributed by atoms with Crippen molar-refractivity contribution in [2.45, 2.75) is 33.2 Å². The van der Waals surface area contributed by atoms with E-state index in [-0.39, 0.29) is 17.8 Å². The molecule has 0 N–H and O–H groups in total. The maximum absolute atomic E-state index is 12.7. The van der Waals surface area contributed by atoms with Gasteiger partial charge in [0.25, 0.3) is 0 Å². The Bertz CT molecular complexity index is 676. The number of esters is 1. The van der Waals surface area contributed by atoms with Gasteiger partial charge >= 0.3 is 5.97 Å². The zero-order chi connectivity index (χ0) is 18.2. The summed E-state index contributed by atoms with van der Waals surface area (Å²) in [6, 6.07) is 11.8. The quantitative estimate of drug-likeness (QED) is 0.690. The Labute approximate surface area is 148 Å². The number of benzene rings is 1. The van der Waals surface area contributed by atoms with E-state index in [1.807, 2.05) is 37.3 Å². The molecule has 2 rings (SSSR count). The van der Waals surface area contributed by atoms with Crippen molar-refractivity contribution >= 4 is 11.9 Å². The smallest absolute Gasteiger partial charge is 0.310 e. The van der Waals surface area contributed by atoms with Crippen molar-refractivity contribution in [2.75, 3.05) is 13.7 Å². The average molecular weight is 343 g/mol. The summed E-state index contributed by atoms with van der Waals surface area (Å²) in [5.74, 6) is -0.0208. The third-order valence-corrected chi connectivity index (χ3v) is 4.13. The number of hydrogen-bond acceptors (Lipinski definition) is 4. The first-order valence-electron chi connectivity index (χ1n) is 8.43. The Morgan fingerprint density at radius 1 is 1.20 bits per heavy atom. The lowest BCUT2D eigenvalue weighted by Gasteiger charge is -2.24. The van der Waals surface area contributed by atoms with E-state index in [0.29, 0.717) is 31.7 Å². The minimum Gasteiger partial charge on any atom is -0.469 e. The largest absolute Gasteiger partial charge is 0.469 e. The Morgan fingerprint density at radius 3 is 2.52 bits per heavy atom. The number of rotatable bonds is 8. The Kier molecular flexibility index (Phi) is 6.81. The molecule has 0 bridgehead atoms. The molecule has 0 aliphatic rings. The molecule has 1 aromatic heterocycles. The van der Waals surface area contributed by atoms with Crippen molar-refractivity contribution in [1.82, 2.24) is 4.90 Å². The second-order valence-corrected chi connectivity index (χ2v) is 6.26. The zero-order valence-electron chi connectivity index (χ0n) is 15.0. The summed E-state index contributed by atoms with van der Waals surface area (Å²) in [5, 5.41) is 0. The minimum atomic E-state index is -0.386. The molecule has 1 atom stereocenters. The highest BCUT2D eigenvalue weighted by Gasteiger charge is 2.22. The number of furan rings is 1. The molecular formula is C20H25NO4. The van der Waals surface area contributed by atoms with Gasteiger partial charge in [0.2, 0.25) is 5.91 Å². The third-order valence-electron chi connectivity index (χ3n) is 4.13. The molecule has 0 aliphatic carbocycles.